The molecule has 1 fully saturated rings. The maximum absolute atomic E-state index is 12.4. The van der Waals surface area contributed by atoms with Crippen LogP contribution in [0.3, 0.4) is 0 Å². The molecule has 8 nitrogen and oxygen atoms in total. The number of carbonyl (C=O) groups is 2. The van der Waals surface area contributed by atoms with Gasteiger partial charge in [-0.25, -0.2) is 4.79 Å². The largest absolute Gasteiger partial charge is 0.444 e. The number of amides is 2. The van der Waals surface area contributed by atoms with E-state index in [-0.39, 0.29) is 12.0 Å². The number of nitrogens with zero attached hydrogens (tertiary/aromatic N) is 3. The van der Waals surface area contributed by atoms with Crippen molar-refractivity contribution in [3.05, 3.63) is 35.4 Å². The van der Waals surface area contributed by atoms with Crippen molar-refractivity contribution in [2.45, 2.75) is 45.6 Å². The van der Waals surface area contributed by atoms with Crippen LogP contribution < -0.4 is 10.6 Å². The Morgan fingerprint density at radius 1 is 1.25 bits per heavy atom. The fourth-order valence-corrected chi connectivity index (χ4v) is 3.63. The molecule has 1 aromatic rings. The van der Waals surface area contributed by atoms with Crippen LogP contribution in [0.25, 0.3) is 0 Å². The molecule has 0 aromatic heterocycles. The number of benzene rings is 1. The summed E-state index contributed by atoms with van der Waals surface area (Å²) < 4.78 is 5.51. The zero-order valence-corrected chi connectivity index (χ0v) is 20.4. The first-order valence-electron chi connectivity index (χ1n) is 11.3. The number of piperidine rings is 1. The highest BCUT2D eigenvalue weighted by atomic mass is 16.6. The van der Waals surface area contributed by atoms with Gasteiger partial charge < -0.3 is 25.2 Å². The highest BCUT2D eigenvalue weighted by molar-refractivity contribution is 5.94. The van der Waals surface area contributed by atoms with E-state index in [0.29, 0.717) is 24.6 Å². The van der Waals surface area contributed by atoms with E-state index in [1.54, 1.807) is 30.9 Å². The smallest absolute Gasteiger partial charge is 0.410 e. The summed E-state index contributed by atoms with van der Waals surface area (Å²) in [6.07, 6.45) is 2.58. The molecule has 0 bridgehead atoms. The van der Waals surface area contributed by atoms with Crippen molar-refractivity contribution in [1.82, 2.24) is 20.4 Å². The van der Waals surface area contributed by atoms with E-state index in [9.17, 15) is 9.59 Å². The van der Waals surface area contributed by atoms with Crippen LogP contribution in [0.2, 0.25) is 0 Å². The lowest BCUT2D eigenvalue weighted by Crippen LogP contribution is -2.47. The summed E-state index contributed by atoms with van der Waals surface area (Å²) in [5.41, 5.74) is 1.32. The average molecular weight is 446 g/mol. The van der Waals surface area contributed by atoms with Crippen molar-refractivity contribution >= 4 is 18.0 Å². The summed E-state index contributed by atoms with van der Waals surface area (Å²) in [6, 6.07) is 7.72. The molecule has 2 N–H and O–H groups in total. The monoisotopic (exact) mass is 445 g/mol. The van der Waals surface area contributed by atoms with Gasteiger partial charge in [0.2, 0.25) is 0 Å². The van der Waals surface area contributed by atoms with Gasteiger partial charge in [-0.2, -0.15) is 0 Å². The van der Waals surface area contributed by atoms with Crippen LogP contribution in [0.1, 0.15) is 49.5 Å². The molecular weight excluding hydrogens is 406 g/mol. The third kappa shape index (κ3) is 8.40. The van der Waals surface area contributed by atoms with E-state index in [1.165, 1.54) is 0 Å². The summed E-state index contributed by atoms with van der Waals surface area (Å²) in [6.45, 7) is 8.54. The maximum Gasteiger partial charge on any atom is 0.410 e. The van der Waals surface area contributed by atoms with Gasteiger partial charge in [-0.05, 0) is 63.6 Å². The first-order chi connectivity index (χ1) is 15.1. The quantitative estimate of drug-likeness (QED) is 0.519. The van der Waals surface area contributed by atoms with Gasteiger partial charge in [-0.1, -0.05) is 12.1 Å². The van der Waals surface area contributed by atoms with Crippen molar-refractivity contribution in [2.75, 3.05) is 47.3 Å². The van der Waals surface area contributed by atoms with Crippen molar-refractivity contribution in [3.8, 4) is 0 Å². The van der Waals surface area contributed by atoms with Crippen LogP contribution in [-0.2, 0) is 11.2 Å². The molecule has 0 radical (unpaired) electrons. The number of hydrogen-bond acceptors (Lipinski definition) is 4. The molecule has 0 saturated carbocycles. The van der Waals surface area contributed by atoms with Crippen LogP contribution in [0.15, 0.2) is 29.3 Å². The molecule has 1 heterocycles. The summed E-state index contributed by atoms with van der Waals surface area (Å²) >= 11 is 0. The Bertz CT molecular complexity index is 801. The summed E-state index contributed by atoms with van der Waals surface area (Å²) in [5.74, 6) is 1.09. The second kappa shape index (κ2) is 11.7. The third-order valence-electron chi connectivity index (χ3n) is 5.24. The molecule has 8 heteroatoms. The van der Waals surface area contributed by atoms with Gasteiger partial charge in [-0.3, -0.25) is 9.79 Å². The van der Waals surface area contributed by atoms with E-state index in [4.69, 9.17) is 4.74 Å². The SMILES string of the molecule is CN=C(NCCc1cccc(C(=O)N(C)C)c1)NCC1CCCN(C(=O)OC(C)(C)C)C1. The van der Waals surface area contributed by atoms with E-state index in [1.807, 2.05) is 45.0 Å². The highest BCUT2D eigenvalue weighted by Crippen LogP contribution is 2.19. The number of nitrogens with one attached hydrogen (secondary N) is 2. The Morgan fingerprint density at radius 3 is 2.66 bits per heavy atom. The summed E-state index contributed by atoms with van der Waals surface area (Å²) in [5, 5.41) is 6.71. The lowest BCUT2D eigenvalue weighted by molar-refractivity contribution is 0.0168. The minimum absolute atomic E-state index is 0.00481. The van der Waals surface area contributed by atoms with Crippen molar-refractivity contribution < 1.29 is 14.3 Å². The van der Waals surface area contributed by atoms with E-state index < -0.39 is 5.60 Å². The number of ether oxygens (including phenoxy) is 1. The van der Waals surface area contributed by atoms with Gasteiger partial charge in [0, 0.05) is 52.9 Å². The van der Waals surface area contributed by atoms with Gasteiger partial charge in [0.25, 0.3) is 5.91 Å². The summed E-state index contributed by atoms with van der Waals surface area (Å²) in [7, 11) is 5.26. The van der Waals surface area contributed by atoms with Crippen LogP contribution >= 0.6 is 0 Å². The van der Waals surface area contributed by atoms with Gasteiger partial charge in [0.1, 0.15) is 5.60 Å². The number of rotatable bonds is 6. The second-order valence-electron chi connectivity index (χ2n) is 9.46. The number of hydrogen-bond donors (Lipinski definition) is 2. The normalized spacial score (nSPS) is 17.0. The Labute approximate surface area is 192 Å². The van der Waals surface area contributed by atoms with Gasteiger partial charge in [0.05, 0.1) is 0 Å². The minimum atomic E-state index is -0.479. The molecular formula is C24H39N5O3. The molecule has 0 spiro atoms. The Morgan fingerprint density at radius 2 is 2.00 bits per heavy atom. The van der Waals surface area contributed by atoms with E-state index in [2.05, 4.69) is 15.6 Å². The Hall–Kier alpha value is -2.77. The number of likely N-dealkylation sites (tertiary alicyclic amines) is 1. The lowest BCUT2D eigenvalue weighted by atomic mass is 9.98. The molecule has 1 saturated heterocycles. The maximum atomic E-state index is 12.4. The Kier molecular flexibility index (Phi) is 9.35. The zero-order chi connectivity index (χ0) is 23.7. The summed E-state index contributed by atoms with van der Waals surface area (Å²) in [4.78, 5) is 32.2. The third-order valence-corrected chi connectivity index (χ3v) is 5.24. The van der Waals surface area contributed by atoms with Crippen LogP contribution in [0, 0.1) is 5.92 Å². The van der Waals surface area contributed by atoms with Crippen LogP contribution in [0.5, 0.6) is 0 Å². The topological polar surface area (TPSA) is 86.3 Å². The average Bonchev–Trinajstić information content (AvgIpc) is 2.74. The number of carbonyl (C=O) groups excluding carboxylic acids is 2. The van der Waals surface area contributed by atoms with Gasteiger partial charge in [0.15, 0.2) is 5.96 Å². The predicted octanol–water partition coefficient (Wildman–Crippen LogP) is 2.74. The molecule has 2 rings (SSSR count). The molecule has 178 valence electrons. The first kappa shape index (κ1) is 25.5. The van der Waals surface area contributed by atoms with Crippen molar-refractivity contribution in [1.29, 1.82) is 0 Å². The van der Waals surface area contributed by atoms with E-state index >= 15 is 0 Å². The molecule has 1 aliphatic rings. The predicted molar refractivity (Wildman–Crippen MR) is 128 cm³/mol. The van der Waals surface area contributed by atoms with Gasteiger partial charge >= 0.3 is 6.09 Å². The standard InChI is InChI=1S/C24H39N5O3/c1-24(2,3)32-23(31)29-14-8-10-19(17-29)16-27-22(25-4)26-13-12-18-9-7-11-20(15-18)21(30)28(5)6/h7,9,11,15,19H,8,10,12-14,16-17H2,1-6H3,(H2,25,26,27). The highest BCUT2D eigenvalue weighted by Gasteiger charge is 2.27. The molecule has 1 aromatic carbocycles. The molecule has 1 aliphatic heterocycles. The lowest BCUT2D eigenvalue weighted by Gasteiger charge is -2.34. The second-order valence-corrected chi connectivity index (χ2v) is 9.46. The van der Waals surface area contributed by atoms with Crippen molar-refractivity contribution in [3.63, 3.8) is 0 Å². The molecule has 1 unspecified atom stereocenters. The van der Waals surface area contributed by atoms with Crippen LogP contribution in [0.4, 0.5) is 4.79 Å². The van der Waals surface area contributed by atoms with E-state index in [0.717, 1.165) is 43.9 Å². The molecule has 32 heavy (non-hydrogen) atoms. The first-order valence-corrected chi connectivity index (χ1v) is 11.3. The van der Waals surface area contributed by atoms with Crippen molar-refractivity contribution in [2.24, 2.45) is 10.9 Å². The fourth-order valence-electron chi connectivity index (χ4n) is 3.63. The zero-order valence-electron chi connectivity index (χ0n) is 20.4. The van der Waals surface area contributed by atoms with Crippen LogP contribution in [-0.4, -0.2) is 80.7 Å². The fraction of sp³-hybridized carbons (Fsp3) is 0.625. The van der Waals surface area contributed by atoms with Gasteiger partial charge in [-0.15, -0.1) is 0 Å². The number of aliphatic imine (C=N–C) groups is 1. The molecule has 1 atom stereocenters. The molecule has 0 aliphatic carbocycles. The molecule has 2 amide bonds. The minimum Gasteiger partial charge on any atom is -0.444 e. The Balaban J connectivity index is 1.78. The number of guanidine groups is 1.